The summed E-state index contributed by atoms with van der Waals surface area (Å²) < 4.78 is 68.8. The molecule has 1 aliphatic rings. The maximum Gasteiger partial charge on any atom is 0.390 e. The number of hydrogen-bond acceptors (Lipinski definition) is 4. The lowest BCUT2D eigenvalue weighted by Gasteiger charge is -2.25. The third kappa shape index (κ3) is 4.77. The van der Waals surface area contributed by atoms with Crippen LogP contribution >= 0.6 is 27.7 Å². The highest BCUT2D eigenvalue weighted by atomic mass is 79.9. The fourth-order valence-electron chi connectivity index (χ4n) is 2.24. The van der Waals surface area contributed by atoms with E-state index >= 15 is 0 Å². The molecule has 10 heteroatoms. The summed E-state index contributed by atoms with van der Waals surface area (Å²) in [5.74, 6) is 0.0822. The highest BCUT2D eigenvalue weighted by Crippen LogP contribution is 2.44. The summed E-state index contributed by atoms with van der Waals surface area (Å²) in [5, 5.41) is -0.583. The molecule has 0 aromatic heterocycles. The lowest BCUT2D eigenvalue weighted by Crippen LogP contribution is -2.34. The first-order valence-corrected chi connectivity index (χ1v) is 10.1. The normalized spacial score (nSPS) is 20.0. The number of halogens is 4. The van der Waals surface area contributed by atoms with Crippen LogP contribution in [0.3, 0.4) is 0 Å². The highest BCUT2D eigenvalue weighted by Gasteiger charge is 2.39. The van der Waals surface area contributed by atoms with Crippen molar-refractivity contribution in [1.29, 1.82) is 0 Å². The summed E-state index contributed by atoms with van der Waals surface area (Å²) in [6.07, 6.45) is -5.85. The molecule has 0 aliphatic carbocycles. The molecule has 4 nitrogen and oxygen atoms in total. The first-order chi connectivity index (χ1) is 10.6. The third-order valence-corrected chi connectivity index (χ3v) is 7.00. The van der Waals surface area contributed by atoms with Crippen LogP contribution in [-0.4, -0.2) is 44.1 Å². The van der Waals surface area contributed by atoms with Gasteiger partial charge in [0.05, 0.1) is 24.7 Å². The molecule has 130 valence electrons. The van der Waals surface area contributed by atoms with E-state index in [0.29, 0.717) is 17.1 Å². The maximum atomic E-state index is 12.4. The molecule has 1 unspecified atom stereocenters. The van der Waals surface area contributed by atoms with E-state index in [1.54, 1.807) is 18.2 Å². The molecule has 23 heavy (non-hydrogen) atoms. The van der Waals surface area contributed by atoms with Gasteiger partial charge in [0.25, 0.3) is 0 Å². The second-order valence-electron chi connectivity index (χ2n) is 4.90. The van der Waals surface area contributed by atoms with E-state index in [4.69, 9.17) is 4.74 Å². The van der Waals surface area contributed by atoms with Crippen LogP contribution in [0, 0.1) is 0 Å². The molecule has 1 aromatic carbocycles. The van der Waals surface area contributed by atoms with Crippen LogP contribution in [0.4, 0.5) is 13.2 Å². The van der Waals surface area contributed by atoms with Gasteiger partial charge in [-0.1, -0.05) is 15.9 Å². The fourth-order valence-corrected chi connectivity index (χ4v) is 5.97. The lowest BCUT2D eigenvalue weighted by molar-refractivity contribution is -0.130. The molecule has 0 N–H and O–H groups in total. The number of thioether (sulfide) groups is 1. The smallest absolute Gasteiger partial charge is 0.390 e. The Morgan fingerprint density at radius 3 is 2.74 bits per heavy atom. The summed E-state index contributed by atoms with van der Waals surface area (Å²) in [6.45, 7) is 0.186. The molecule has 1 aliphatic heterocycles. The highest BCUT2D eigenvalue weighted by molar-refractivity contribution is 9.10. The van der Waals surface area contributed by atoms with E-state index in [2.05, 4.69) is 15.9 Å². The number of sulfonamides is 1. The van der Waals surface area contributed by atoms with Crippen molar-refractivity contribution in [2.24, 2.45) is 0 Å². The Kier molecular flexibility index (Phi) is 5.91. The summed E-state index contributed by atoms with van der Waals surface area (Å²) in [7, 11) is -2.54. The van der Waals surface area contributed by atoms with Gasteiger partial charge in [0.2, 0.25) is 10.0 Å². The van der Waals surface area contributed by atoms with E-state index < -0.39 is 33.7 Å². The predicted octanol–water partition coefficient (Wildman–Crippen LogP) is 3.79. The second-order valence-corrected chi connectivity index (χ2v) is 9.05. The molecule has 1 heterocycles. The van der Waals surface area contributed by atoms with Gasteiger partial charge in [0.1, 0.15) is 5.75 Å². The number of rotatable bonds is 5. The van der Waals surface area contributed by atoms with Crippen LogP contribution in [0.1, 0.15) is 17.4 Å². The number of hydrogen-bond donors (Lipinski definition) is 0. The van der Waals surface area contributed by atoms with Gasteiger partial charge in [0.15, 0.2) is 0 Å². The fraction of sp³-hybridized carbons (Fsp3) is 0.538. The van der Waals surface area contributed by atoms with E-state index in [1.165, 1.54) is 18.9 Å². The molecule has 1 saturated heterocycles. The van der Waals surface area contributed by atoms with Crippen molar-refractivity contribution in [2.75, 3.05) is 25.2 Å². The predicted molar refractivity (Wildman–Crippen MR) is 87.1 cm³/mol. The third-order valence-electron chi connectivity index (χ3n) is 3.31. The van der Waals surface area contributed by atoms with Gasteiger partial charge < -0.3 is 4.74 Å². The Hall–Kier alpha value is -0.450. The number of benzene rings is 1. The lowest BCUT2D eigenvalue weighted by atomic mass is 10.2. The largest absolute Gasteiger partial charge is 0.496 e. The van der Waals surface area contributed by atoms with Gasteiger partial charge in [-0.15, -0.1) is 11.8 Å². The molecule has 0 amide bonds. The minimum atomic E-state index is -4.50. The van der Waals surface area contributed by atoms with Crippen LogP contribution in [0.5, 0.6) is 5.75 Å². The molecule has 1 fully saturated rings. The van der Waals surface area contributed by atoms with Crippen LogP contribution in [0.2, 0.25) is 0 Å². The van der Waals surface area contributed by atoms with Gasteiger partial charge in [-0.3, -0.25) is 0 Å². The van der Waals surface area contributed by atoms with Crippen molar-refractivity contribution in [2.45, 2.75) is 18.0 Å². The van der Waals surface area contributed by atoms with Gasteiger partial charge >= 0.3 is 6.18 Å². The van der Waals surface area contributed by atoms with Crippen molar-refractivity contribution < 1.29 is 26.3 Å². The number of ether oxygens (including phenoxy) is 1. The SMILES string of the molecule is COc1ccc(Br)cc1C1SCCN1S(=O)(=O)CCC(F)(F)F. The zero-order valence-corrected chi connectivity index (χ0v) is 15.4. The Balaban J connectivity index is 2.28. The van der Waals surface area contributed by atoms with Gasteiger partial charge in [-0.2, -0.15) is 17.5 Å². The zero-order valence-electron chi connectivity index (χ0n) is 12.1. The second kappa shape index (κ2) is 7.20. The van der Waals surface area contributed by atoms with Crippen molar-refractivity contribution >= 4 is 37.7 Å². The Bertz CT molecular complexity index is 667. The molecule has 0 saturated carbocycles. The molecule has 0 spiro atoms. The number of methoxy groups -OCH3 is 1. The summed E-state index contributed by atoms with van der Waals surface area (Å²) in [4.78, 5) is 0. The Labute approximate surface area is 145 Å². The van der Waals surface area contributed by atoms with Crippen LogP contribution < -0.4 is 4.74 Å². The van der Waals surface area contributed by atoms with E-state index in [9.17, 15) is 21.6 Å². The van der Waals surface area contributed by atoms with E-state index in [-0.39, 0.29) is 6.54 Å². The average molecular weight is 434 g/mol. The Morgan fingerprint density at radius 1 is 1.43 bits per heavy atom. The monoisotopic (exact) mass is 433 g/mol. The van der Waals surface area contributed by atoms with E-state index in [1.807, 2.05) is 0 Å². The molecular formula is C13H15BrF3NO3S2. The van der Waals surface area contributed by atoms with Gasteiger partial charge in [-0.25, -0.2) is 8.42 Å². The van der Waals surface area contributed by atoms with Crippen LogP contribution in [0.15, 0.2) is 22.7 Å². The standard InChI is InChI=1S/C13H15BrF3NO3S2/c1-21-11-3-2-9(14)8-10(11)12-18(5-6-22-12)23(19,20)7-4-13(15,16)17/h2-3,8,12H,4-7H2,1H3. The first kappa shape index (κ1) is 18.9. The summed E-state index contributed by atoms with van der Waals surface area (Å²) >= 11 is 4.68. The molecule has 1 atom stereocenters. The van der Waals surface area contributed by atoms with E-state index in [0.717, 1.165) is 8.78 Å². The molecule has 1 aromatic rings. The zero-order chi connectivity index (χ0) is 17.3. The van der Waals surface area contributed by atoms with Gasteiger partial charge in [-0.05, 0) is 18.2 Å². The van der Waals surface area contributed by atoms with Crippen LogP contribution in [-0.2, 0) is 10.0 Å². The van der Waals surface area contributed by atoms with Gasteiger partial charge in [0, 0.05) is 22.3 Å². The minimum Gasteiger partial charge on any atom is -0.496 e. The molecule has 0 bridgehead atoms. The van der Waals surface area contributed by atoms with Crippen LogP contribution in [0.25, 0.3) is 0 Å². The maximum absolute atomic E-state index is 12.4. The molecule has 2 rings (SSSR count). The van der Waals surface area contributed by atoms with Crippen molar-refractivity contribution in [3.63, 3.8) is 0 Å². The number of nitrogens with zero attached hydrogens (tertiary/aromatic N) is 1. The van der Waals surface area contributed by atoms with Crippen molar-refractivity contribution in [3.8, 4) is 5.75 Å². The summed E-state index contributed by atoms with van der Waals surface area (Å²) in [6, 6.07) is 5.18. The van der Waals surface area contributed by atoms with Crippen molar-refractivity contribution in [1.82, 2.24) is 4.31 Å². The first-order valence-electron chi connectivity index (χ1n) is 6.65. The number of alkyl halides is 3. The minimum absolute atomic E-state index is 0.186. The van der Waals surface area contributed by atoms with Crippen molar-refractivity contribution in [3.05, 3.63) is 28.2 Å². The molecular weight excluding hydrogens is 419 g/mol. The quantitative estimate of drug-likeness (QED) is 0.708. The topological polar surface area (TPSA) is 46.6 Å². The summed E-state index contributed by atoms with van der Waals surface area (Å²) in [5.41, 5.74) is 0.625. The molecule has 0 radical (unpaired) electrons. The average Bonchev–Trinajstić information content (AvgIpc) is 2.94. The Morgan fingerprint density at radius 2 is 2.13 bits per heavy atom.